The van der Waals surface area contributed by atoms with Gasteiger partial charge in [-0.2, -0.15) is 0 Å². The zero-order valence-electron chi connectivity index (χ0n) is 17.8. The standard InChI is InChI=1S/C24H26N2O3S/c1-15-6-11-22(19(5)12-15)25-24(27)20-9-7-17(3)23(14-20)30(28,29)26-21-10-8-16(2)18(4)13-21/h6-14,26H,1-5H3,(H,25,27). The van der Waals surface area contributed by atoms with Gasteiger partial charge in [-0.25, -0.2) is 8.42 Å². The van der Waals surface area contributed by atoms with Gasteiger partial charge in [0.1, 0.15) is 0 Å². The van der Waals surface area contributed by atoms with E-state index < -0.39 is 10.0 Å². The maximum absolute atomic E-state index is 13.0. The number of hydrogen-bond donors (Lipinski definition) is 2. The topological polar surface area (TPSA) is 75.3 Å². The Labute approximate surface area is 178 Å². The third kappa shape index (κ3) is 4.71. The fourth-order valence-corrected chi connectivity index (χ4v) is 4.52. The predicted octanol–water partition coefficient (Wildman–Crippen LogP) is 5.28. The van der Waals surface area contributed by atoms with Crippen LogP contribution in [0, 0.1) is 34.6 Å². The number of rotatable bonds is 5. The van der Waals surface area contributed by atoms with Crippen molar-refractivity contribution in [2.75, 3.05) is 10.0 Å². The number of amides is 1. The molecular weight excluding hydrogens is 396 g/mol. The normalized spacial score (nSPS) is 11.2. The summed E-state index contributed by atoms with van der Waals surface area (Å²) in [5.41, 5.74) is 6.15. The van der Waals surface area contributed by atoms with Gasteiger partial charge >= 0.3 is 0 Å². The van der Waals surface area contributed by atoms with Crippen LogP contribution in [0.4, 0.5) is 11.4 Å². The van der Waals surface area contributed by atoms with Gasteiger partial charge in [-0.3, -0.25) is 9.52 Å². The average Bonchev–Trinajstić information content (AvgIpc) is 2.67. The van der Waals surface area contributed by atoms with E-state index in [1.54, 1.807) is 31.2 Å². The third-order valence-electron chi connectivity index (χ3n) is 5.13. The highest BCUT2D eigenvalue weighted by Gasteiger charge is 2.20. The minimum atomic E-state index is -3.85. The van der Waals surface area contributed by atoms with E-state index in [1.807, 2.05) is 52.0 Å². The number of carbonyl (C=O) groups excluding carboxylic acids is 1. The zero-order valence-corrected chi connectivity index (χ0v) is 18.6. The second-order valence-corrected chi connectivity index (χ2v) is 9.31. The summed E-state index contributed by atoms with van der Waals surface area (Å²) in [6.45, 7) is 9.51. The highest BCUT2D eigenvalue weighted by molar-refractivity contribution is 7.92. The summed E-state index contributed by atoms with van der Waals surface area (Å²) in [6, 6.07) is 15.8. The molecule has 3 aromatic carbocycles. The molecule has 0 bridgehead atoms. The van der Waals surface area contributed by atoms with Crippen molar-refractivity contribution in [2.24, 2.45) is 0 Å². The number of sulfonamides is 1. The molecule has 0 radical (unpaired) electrons. The molecule has 0 saturated carbocycles. The molecule has 0 fully saturated rings. The summed E-state index contributed by atoms with van der Waals surface area (Å²) in [4.78, 5) is 12.8. The van der Waals surface area contributed by atoms with Gasteiger partial charge in [-0.05, 0) is 87.2 Å². The molecule has 0 aromatic heterocycles. The van der Waals surface area contributed by atoms with Crippen LogP contribution in [-0.2, 0) is 10.0 Å². The van der Waals surface area contributed by atoms with Crippen LogP contribution in [0.5, 0.6) is 0 Å². The van der Waals surface area contributed by atoms with Crippen LogP contribution in [0.1, 0.15) is 38.2 Å². The first kappa shape index (κ1) is 21.6. The monoisotopic (exact) mass is 422 g/mol. The van der Waals surface area contributed by atoms with E-state index in [0.717, 1.165) is 22.3 Å². The van der Waals surface area contributed by atoms with Crippen LogP contribution >= 0.6 is 0 Å². The lowest BCUT2D eigenvalue weighted by Crippen LogP contribution is -2.17. The summed E-state index contributed by atoms with van der Waals surface area (Å²) in [5, 5.41) is 2.86. The van der Waals surface area contributed by atoms with Gasteiger partial charge < -0.3 is 5.32 Å². The molecule has 1 amide bonds. The van der Waals surface area contributed by atoms with Crippen LogP contribution < -0.4 is 10.0 Å². The quantitative estimate of drug-likeness (QED) is 0.587. The van der Waals surface area contributed by atoms with E-state index >= 15 is 0 Å². The van der Waals surface area contributed by atoms with E-state index in [-0.39, 0.29) is 16.4 Å². The fraction of sp³-hybridized carbons (Fsp3) is 0.208. The summed E-state index contributed by atoms with van der Waals surface area (Å²) in [6.07, 6.45) is 0. The van der Waals surface area contributed by atoms with Gasteiger partial charge in [0.05, 0.1) is 4.90 Å². The predicted molar refractivity (Wildman–Crippen MR) is 122 cm³/mol. The fourth-order valence-electron chi connectivity index (χ4n) is 3.19. The molecule has 0 heterocycles. The zero-order chi connectivity index (χ0) is 22.1. The van der Waals surface area contributed by atoms with Crippen molar-refractivity contribution in [2.45, 2.75) is 39.5 Å². The number of anilines is 2. The largest absolute Gasteiger partial charge is 0.322 e. The SMILES string of the molecule is Cc1ccc(NC(=O)c2ccc(C)c(S(=O)(=O)Nc3ccc(C)c(C)c3)c2)c(C)c1. The molecule has 5 nitrogen and oxygen atoms in total. The molecule has 0 unspecified atom stereocenters. The van der Waals surface area contributed by atoms with Gasteiger partial charge in [0.25, 0.3) is 15.9 Å². The van der Waals surface area contributed by atoms with Gasteiger partial charge in [-0.15, -0.1) is 0 Å². The maximum Gasteiger partial charge on any atom is 0.262 e. The second-order valence-electron chi connectivity index (χ2n) is 7.66. The summed E-state index contributed by atoms with van der Waals surface area (Å²) in [5.74, 6) is -0.357. The average molecular weight is 423 g/mol. The van der Waals surface area contributed by atoms with E-state index in [0.29, 0.717) is 16.9 Å². The summed E-state index contributed by atoms with van der Waals surface area (Å²) < 4.78 is 28.6. The summed E-state index contributed by atoms with van der Waals surface area (Å²) in [7, 11) is -3.85. The van der Waals surface area contributed by atoms with E-state index in [2.05, 4.69) is 10.0 Å². The molecule has 3 rings (SSSR count). The van der Waals surface area contributed by atoms with E-state index in [4.69, 9.17) is 0 Å². The molecule has 0 saturated heterocycles. The lowest BCUT2D eigenvalue weighted by atomic mass is 10.1. The van der Waals surface area contributed by atoms with Crippen LogP contribution in [0.3, 0.4) is 0 Å². The number of hydrogen-bond acceptors (Lipinski definition) is 3. The first-order valence-electron chi connectivity index (χ1n) is 9.66. The molecule has 2 N–H and O–H groups in total. The molecule has 0 aliphatic carbocycles. The van der Waals surface area contributed by atoms with Gasteiger partial charge in [0.2, 0.25) is 0 Å². The molecule has 0 atom stereocenters. The lowest BCUT2D eigenvalue weighted by molar-refractivity contribution is 0.102. The molecule has 0 aliphatic rings. The third-order valence-corrected chi connectivity index (χ3v) is 6.65. The Bertz CT molecular complexity index is 1230. The number of aryl methyl sites for hydroxylation is 5. The highest BCUT2D eigenvalue weighted by atomic mass is 32.2. The molecule has 0 spiro atoms. The minimum absolute atomic E-state index is 0.0778. The number of benzene rings is 3. The van der Waals surface area contributed by atoms with E-state index in [9.17, 15) is 13.2 Å². The molecule has 3 aromatic rings. The molecule has 156 valence electrons. The van der Waals surface area contributed by atoms with Gasteiger partial charge in [0.15, 0.2) is 0 Å². The maximum atomic E-state index is 13.0. The Morgan fingerprint density at radius 1 is 0.733 bits per heavy atom. The first-order chi connectivity index (χ1) is 14.1. The Morgan fingerprint density at radius 3 is 2.10 bits per heavy atom. The van der Waals surface area contributed by atoms with Crippen molar-refractivity contribution < 1.29 is 13.2 Å². The van der Waals surface area contributed by atoms with Crippen molar-refractivity contribution in [3.8, 4) is 0 Å². The van der Waals surface area contributed by atoms with Gasteiger partial charge in [-0.1, -0.05) is 29.8 Å². The van der Waals surface area contributed by atoms with Crippen molar-refractivity contribution in [1.29, 1.82) is 0 Å². The molecule has 0 aliphatic heterocycles. The summed E-state index contributed by atoms with van der Waals surface area (Å²) >= 11 is 0. The van der Waals surface area contributed by atoms with E-state index in [1.165, 1.54) is 6.07 Å². The van der Waals surface area contributed by atoms with Crippen LogP contribution in [0.15, 0.2) is 59.5 Å². The molecular formula is C24H26N2O3S. The Kier molecular flexibility index (Phi) is 5.99. The molecule has 6 heteroatoms. The van der Waals surface area contributed by atoms with Crippen LogP contribution in [0.25, 0.3) is 0 Å². The Hall–Kier alpha value is -3.12. The van der Waals surface area contributed by atoms with Crippen LogP contribution in [-0.4, -0.2) is 14.3 Å². The number of nitrogens with one attached hydrogen (secondary N) is 2. The Balaban J connectivity index is 1.89. The smallest absolute Gasteiger partial charge is 0.262 e. The van der Waals surface area contributed by atoms with Crippen molar-refractivity contribution in [3.05, 3.63) is 88.0 Å². The second kappa shape index (κ2) is 8.32. The van der Waals surface area contributed by atoms with Crippen molar-refractivity contribution in [3.63, 3.8) is 0 Å². The Morgan fingerprint density at radius 2 is 1.43 bits per heavy atom. The van der Waals surface area contributed by atoms with Crippen LogP contribution in [0.2, 0.25) is 0 Å². The lowest BCUT2D eigenvalue weighted by Gasteiger charge is -2.14. The van der Waals surface area contributed by atoms with Gasteiger partial charge in [0, 0.05) is 16.9 Å². The first-order valence-corrected chi connectivity index (χ1v) is 11.1. The number of carbonyl (C=O) groups is 1. The highest BCUT2D eigenvalue weighted by Crippen LogP contribution is 2.23. The minimum Gasteiger partial charge on any atom is -0.322 e. The van der Waals surface area contributed by atoms with Crippen molar-refractivity contribution in [1.82, 2.24) is 0 Å². The van der Waals surface area contributed by atoms with Crippen molar-refractivity contribution >= 4 is 27.3 Å². The molecule has 30 heavy (non-hydrogen) atoms.